The number of hydrogen-bond donors (Lipinski definition) is 0. The quantitative estimate of drug-likeness (QED) is 0.169. The van der Waals surface area contributed by atoms with Gasteiger partial charge in [0.05, 0.1) is 0 Å². The summed E-state index contributed by atoms with van der Waals surface area (Å²) in [4.78, 5) is 15.6. The van der Waals surface area contributed by atoms with E-state index >= 15 is 0 Å². The molecule has 12 rings (SSSR count). The topological polar surface area (TPSA) is 51.8 Å². The fourth-order valence-electron chi connectivity index (χ4n) is 8.65. The maximum atomic E-state index is 6.79. The molecular formula is C51H31N3OS. The average molecular weight is 734 g/mol. The monoisotopic (exact) mass is 733 g/mol. The van der Waals surface area contributed by atoms with Gasteiger partial charge in [0.25, 0.3) is 0 Å². The molecule has 0 spiro atoms. The van der Waals surface area contributed by atoms with Crippen molar-refractivity contribution in [2.45, 2.75) is 12.3 Å². The highest BCUT2D eigenvalue weighted by atomic mass is 32.1. The number of benzene rings is 8. The Morgan fingerprint density at radius 3 is 2.12 bits per heavy atom. The van der Waals surface area contributed by atoms with Crippen LogP contribution < -0.4 is 0 Å². The van der Waals surface area contributed by atoms with Crippen LogP contribution in [0.1, 0.15) is 18.2 Å². The second-order valence-corrected chi connectivity index (χ2v) is 15.7. The van der Waals surface area contributed by atoms with E-state index in [1.165, 1.54) is 52.5 Å². The van der Waals surface area contributed by atoms with Gasteiger partial charge < -0.3 is 4.42 Å². The number of hydrogen-bond acceptors (Lipinski definition) is 5. The van der Waals surface area contributed by atoms with Gasteiger partial charge in [0.15, 0.2) is 11.6 Å². The molecule has 1 aliphatic rings. The molecule has 3 heterocycles. The van der Waals surface area contributed by atoms with Crippen molar-refractivity contribution in [3.63, 3.8) is 0 Å². The van der Waals surface area contributed by atoms with E-state index in [1.807, 2.05) is 17.4 Å². The van der Waals surface area contributed by atoms with Gasteiger partial charge in [-0.2, -0.15) is 0 Å². The maximum Gasteiger partial charge on any atom is 0.164 e. The molecule has 1 atom stereocenters. The summed E-state index contributed by atoms with van der Waals surface area (Å²) in [6.07, 6.45) is 9.38. The molecule has 0 aliphatic heterocycles. The molecule has 4 nitrogen and oxygen atoms in total. The molecular weight excluding hydrogens is 703 g/mol. The molecule has 0 bridgehead atoms. The highest BCUT2D eigenvalue weighted by molar-refractivity contribution is 7.26. The summed E-state index contributed by atoms with van der Waals surface area (Å²) in [5.41, 5.74) is 5.75. The number of nitrogens with zero attached hydrogens (tertiary/aromatic N) is 3. The summed E-state index contributed by atoms with van der Waals surface area (Å²) in [5.74, 6) is 2.12. The number of aromatic nitrogens is 3. The van der Waals surface area contributed by atoms with Crippen LogP contribution in [0, 0.1) is 0 Å². The molecule has 0 amide bonds. The molecule has 0 saturated heterocycles. The molecule has 56 heavy (non-hydrogen) atoms. The fraction of sp³-hybridized carbons (Fsp3) is 0.0392. The average Bonchev–Trinajstić information content (AvgIpc) is 3.85. The second kappa shape index (κ2) is 12.3. The van der Waals surface area contributed by atoms with Gasteiger partial charge >= 0.3 is 0 Å². The highest BCUT2D eigenvalue weighted by Crippen LogP contribution is 2.44. The van der Waals surface area contributed by atoms with E-state index in [2.05, 4.69) is 164 Å². The smallest absolute Gasteiger partial charge is 0.164 e. The number of para-hydroxylation sites is 1. The molecule has 0 fully saturated rings. The second-order valence-electron chi connectivity index (χ2n) is 14.7. The zero-order valence-corrected chi connectivity index (χ0v) is 30.9. The Labute approximate surface area is 325 Å². The Kier molecular flexibility index (Phi) is 6.89. The number of furan rings is 1. The van der Waals surface area contributed by atoms with Gasteiger partial charge in [-0.05, 0) is 62.5 Å². The van der Waals surface area contributed by atoms with Crippen molar-refractivity contribution in [3.05, 3.63) is 176 Å². The first-order chi connectivity index (χ1) is 27.7. The van der Waals surface area contributed by atoms with Crippen molar-refractivity contribution in [1.29, 1.82) is 0 Å². The Balaban J connectivity index is 1.04. The van der Waals surface area contributed by atoms with Crippen molar-refractivity contribution in [3.8, 4) is 33.9 Å². The summed E-state index contributed by atoms with van der Waals surface area (Å²) in [6.45, 7) is 0. The van der Waals surface area contributed by atoms with Gasteiger partial charge in [0.2, 0.25) is 0 Å². The SMILES string of the molecule is C1=CCC(c2nc(-c3ccc4ccc5ccccc5c4c3)nc(-c3cccc4oc5c(-c6ccc7c(c6)sc6c8ccccc8ccc76)cccc5c34)n2)C=C1. The molecule has 3 aromatic heterocycles. The summed E-state index contributed by atoms with van der Waals surface area (Å²) >= 11 is 1.86. The molecule has 0 radical (unpaired) electrons. The van der Waals surface area contributed by atoms with Crippen molar-refractivity contribution >= 4 is 85.8 Å². The van der Waals surface area contributed by atoms with Crippen LogP contribution in [0.3, 0.4) is 0 Å². The third-order valence-corrected chi connectivity index (χ3v) is 12.6. The van der Waals surface area contributed by atoms with Crippen LogP contribution in [0.15, 0.2) is 174 Å². The van der Waals surface area contributed by atoms with E-state index < -0.39 is 0 Å². The third kappa shape index (κ3) is 4.88. The van der Waals surface area contributed by atoms with Gasteiger partial charge in [-0.25, -0.2) is 15.0 Å². The molecule has 0 saturated carbocycles. The van der Waals surface area contributed by atoms with Crippen LogP contribution >= 0.6 is 11.3 Å². The van der Waals surface area contributed by atoms with Gasteiger partial charge in [-0.3, -0.25) is 0 Å². The van der Waals surface area contributed by atoms with Crippen LogP contribution in [-0.2, 0) is 0 Å². The Morgan fingerprint density at radius 2 is 1.23 bits per heavy atom. The Morgan fingerprint density at radius 1 is 0.518 bits per heavy atom. The van der Waals surface area contributed by atoms with E-state index in [9.17, 15) is 0 Å². The molecule has 8 aromatic carbocycles. The third-order valence-electron chi connectivity index (χ3n) is 11.4. The van der Waals surface area contributed by atoms with Crippen molar-refractivity contribution in [2.24, 2.45) is 0 Å². The minimum atomic E-state index is 0.0514. The first-order valence-corrected chi connectivity index (χ1v) is 19.9. The van der Waals surface area contributed by atoms with E-state index in [0.29, 0.717) is 11.6 Å². The lowest BCUT2D eigenvalue weighted by Gasteiger charge is -2.15. The van der Waals surface area contributed by atoms with Crippen molar-refractivity contribution in [2.75, 3.05) is 0 Å². The summed E-state index contributed by atoms with van der Waals surface area (Å²) < 4.78 is 9.38. The summed E-state index contributed by atoms with van der Waals surface area (Å²) in [6, 6.07) is 52.1. The highest BCUT2D eigenvalue weighted by Gasteiger charge is 2.22. The Bertz CT molecular complexity index is 3480. The summed E-state index contributed by atoms with van der Waals surface area (Å²) in [5, 5.41) is 12.0. The zero-order chi connectivity index (χ0) is 36.7. The van der Waals surface area contributed by atoms with Crippen molar-refractivity contribution in [1.82, 2.24) is 15.0 Å². The largest absolute Gasteiger partial charge is 0.455 e. The molecule has 1 unspecified atom stereocenters. The molecule has 0 N–H and O–H groups in total. The van der Waals surface area contributed by atoms with Gasteiger partial charge in [-0.1, -0.05) is 152 Å². The summed E-state index contributed by atoms with van der Waals surface area (Å²) in [7, 11) is 0. The number of fused-ring (bicyclic) bond motifs is 11. The lowest BCUT2D eigenvalue weighted by atomic mass is 9.98. The lowest BCUT2D eigenvalue weighted by molar-refractivity contribution is 0.670. The van der Waals surface area contributed by atoms with Gasteiger partial charge in [-0.15, -0.1) is 11.3 Å². The fourth-order valence-corrected chi connectivity index (χ4v) is 9.93. The minimum absolute atomic E-state index is 0.0514. The van der Waals surface area contributed by atoms with E-state index in [-0.39, 0.29) is 5.92 Å². The standard InChI is InChI=1S/C51H31N3OS/c1-2-12-33(13-3-1)49-52-50(35-23-22-32-21-20-30-10-4-6-14-36(30)43(32)28-35)54-51(53-49)42-18-9-19-44-46(42)41-17-8-16-37(47(41)55-44)34-25-26-39-40-27-24-31-11-5-7-15-38(31)48(40)56-45(39)29-34/h1-12,14-29,33H,13H2. The molecule has 5 heteroatoms. The number of allylic oxidation sites excluding steroid dienone is 4. The van der Waals surface area contributed by atoms with Gasteiger partial charge in [0, 0.05) is 53.6 Å². The van der Waals surface area contributed by atoms with Crippen LogP contribution in [-0.4, -0.2) is 15.0 Å². The van der Waals surface area contributed by atoms with E-state index in [1.54, 1.807) is 0 Å². The predicted molar refractivity (Wildman–Crippen MR) is 234 cm³/mol. The minimum Gasteiger partial charge on any atom is -0.455 e. The first-order valence-electron chi connectivity index (χ1n) is 19.0. The predicted octanol–water partition coefficient (Wildman–Crippen LogP) is 14.2. The molecule has 262 valence electrons. The first kappa shape index (κ1) is 31.4. The van der Waals surface area contributed by atoms with E-state index in [4.69, 9.17) is 19.4 Å². The van der Waals surface area contributed by atoms with Crippen LogP contribution in [0.4, 0.5) is 0 Å². The van der Waals surface area contributed by atoms with Gasteiger partial charge in [0.1, 0.15) is 17.0 Å². The van der Waals surface area contributed by atoms with Crippen molar-refractivity contribution < 1.29 is 4.42 Å². The maximum absolute atomic E-state index is 6.79. The molecule has 11 aromatic rings. The van der Waals surface area contributed by atoms with Crippen LogP contribution in [0.5, 0.6) is 0 Å². The number of rotatable bonds is 4. The lowest BCUT2D eigenvalue weighted by Crippen LogP contribution is -2.08. The number of thiophene rings is 1. The Hall–Kier alpha value is -6.95. The van der Waals surface area contributed by atoms with Crippen LogP contribution in [0.25, 0.3) is 108 Å². The molecule has 1 aliphatic carbocycles. The normalized spacial score (nSPS) is 14.4. The van der Waals surface area contributed by atoms with E-state index in [0.717, 1.165) is 56.4 Å². The zero-order valence-electron chi connectivity index (χ0n) is 30.1. The van der Waals surface area contributed by atoms with Crippen LogP contribution in [0.2, 0.25) is 0 Å².